The summed E-state index contributed by atoms with van der Waals surface area (Å²) < 4.78 is 0. The number of hydrogen-bond donors (Lipinski definition) is 2. The molecule has 8 nitrogen and oxygen atoms in total. The first-order chi connectivity index (χ1) is 9.47. The highest BCUT2D eigenvalue weighted by molar-refractivity contribution is 6.34. The monoisotopic (exact) mass is 294 g/mol. The zero-order chi connectivity index (χ0) is 14.7. The highest BCUT2D eigenvalue weighted by Gasteiger charge is 2.16. The number of benzene rings is 1. The third-order valence-corrected chi connectivity index (χ3v) is 2.66. The average Bonchev–Trinajstić information content (AvgIpc) is 2.41. The number of hydrogen-bond acceptors (Lipinski definition) is 5. The van der Waals surface area contributed by atoms with Crippen molar-refractivity contribution in [2.45, 2.75) is 0 Å². The largest absolute Gasteiger partial charge is 0.305 e. The number of amides is 1. The average molecular weight is 295 g/mol. The summed E-state index contributed by atoms with van der Waals surface area (Å²) >= 11 is 5.83. The second kappa shape index (κ2) is 5.49. The van der Waals surface area contributed by atoms with Gasteiger partial charge in [-0.05, 0) is 12.1 Å². The number of carbonyl (C=O) groups is 1. The Bertz CT molecular complexity index is 723. The minimum atomic E-state index is -0.668. The van der Waals surface area contributed by atoms with Crippen LogP contribution in [-0.4, -0.2) is 21.0 Å². The standard InChI is InChI=1S/C11H7ClN4O4/c12-8-2-1-6(16(19)20)5-7(8)11(18)13-9-3-4-10(17)15-14-9/h1-5H,(H,15,17)(H,13,14,18). The molecule has 0 aliphatic rings. The Kier molecular flexibility index (Phi) is 3.76. The Labute approximate surface area is 116 Å². The Hall–Kier alpha value is -2.74. The van der Waals surface area contributed by atoms with Crippen molar-refractivity contribution in [3.8, 4) is 0 Å². The molecule has 102 valence electrons. The maximum absolute atomic E-state index is 11.9. The smallest absolute Gasteiger partial charge is 0.270 e. The topological polar surface area (TPSA) is 118 Å². The number of nitrogens with one attached hydrogen (secondary N) is 2. The van der Waals surface area contributed by atoms with Gasteiger partial charge in [0.05, 0.1) is 15.5 Å². The molecule has 1 heterocycles. The van der Waals surface area contributed by atoms with Gasteiger partial charge in [0.25, 0.3) is 17.2 Å². The molecule has 9 heteroatoms. The fraction of sp³-hybridized carbons (Fsp3) is 0. The summed E-state index contributed by atoms with van der Waals surface area (Å²) in [5, 5.41) is 18.8. The number of aromatic amines is 1. The Morgan fingerprint density at radius 3 is 2.70 bits per heavy atom. The lowest BCUT2D eigenvalue weighted by Crippen LogP contribution is -2.16. The molecule has 2 aromatic rings. The van der Waals surface area contributed by atoms with Crippen LogP contribution in [0.2, 0.25) is 5.02 Å². The van der Waals surface area contributed by atoms with Crippen LogP contribution in [0.15, 0.2) is 35.1 Å². The number of non-ortho nitro benzene ring substituents is 1. The summed E-state index contributed by atoms with van der Waals surface area (Å²) in [7, 11) is 0. The maximum atomic E-state index is 11.9. The van der Waals surface area contributed by atoms with Gasteiger partial charge < -0.3 is 5.32 Å². The zero-order valence-corrected chi connectivity index (χ0v) is 10.5. The zero-order valence-electron chi connectivity index (χ0n) is 9.79. The molecule has 0 aliphatic carbocycles. The summed E-state index contributed by atoms with van der Waals surface area (Å²) in [4.78, 5) is 32.8. The molecule has 0 bridgehead atoms. The van der Waals surface area contributed by atoms with Crippen molar-refractivity contribution in [2.24, 2.45) is 0 Å². The number of carbonyl (C=O) groups excluding carboxylic acids is 1. The fourth-order valence-corrected chi connectivity index (χ4v) is 1.60. The molecule has 0 radical (unpaired) electrons. The van der Waals surface area contributed by atoms with Crippen LogP contribution in [0.25, 0.3) is 0 Å². The Morgan fingerprint density at radius 1 is 1.35 bits per heavy atom. The molecule has 0 aliphatic heterocycles. The van der Waals surface area contributed by atoms with Gasteiger partial charge in [0.1, 0.15) is 0 Å². The van der Waals surface area contributed by atoms with Crippen molar-refractivity contribution in [1.82, 2.24) is 10.2 Å². The van der Waals surface area contributed by atoms with Crippen LogP contribution in [0.5, 0.6) is 0 Å². The van der Waals surface area contributed by atoms with Gasteiger partial charge in [0.2, 0.25) is 0 Å². The second-order valence-electron chi connectivity index (χ2n) is 3.68. The fourth-order valence-electron chi connectivity index (χ4n) is 1.40. The number of nitrogens with zero attached hydrogens (tertiary/aromatic N) is 2. The van der Waals surface area contributed by atoms with E-state index in [4.69, 9.17) is 11.6 Å². The minimum absolute atomic E-state index is 0.0612. The van der Waals surface area contributed by atoms with E-state index < -0.39 is 16.4 Å². The minimum Gasteiger partial charge on any atom is -0.305 e. The van der Waals surface area contributed by atoms with Gasteiger partial charge >= 0.3 is 0 Å². The van der Waals surface area contributed by atoms with Crippen molar-refractivity contribution in [3.05, 3.63) is 61.4 Å². The predicted octanol–water partition coefficient (Wildman–Crippen LogP) is 1.58. The van der Waals surface area contributed by atoms with E-state index in [-0.39, 0.29) is 22.1 Å². The van der Waals surface area contributed by atoms with Crippen molar-refractivity contribution >= 4 is 29.0 Å². The summed E-state index contributed by atoms with van der Waals surface area (Å²) in [6.07, 6.45) is 0. The highest BCUT2D eigenvalue weighted by atomic mass is 35.5. The Balaban J connectivity index is 2.28. The van der Waals surface area contributed by atoms with Crippen molar-refractivity contribution in [3.63, 3.8) is 0 Å². The first-order valence-corrected chi connectivity index (χ1v) is 5.66. The number of halogens is 1. The normalized spacial score (nSPS) is 10.1. The SMILES string of the molecule is O=C(Nc1ccc(=O)[nH]n1)c1cc([N+](=O)[O-])ccc1Cl. The molecule has 0 spiro atoms. The Morgan fingerprint density at radius 2 is 2.10 bits per heavy atom. The van der Waals surface area contributed by atoms with Crippen LogP contribution >= 0.6 is 11.6 Å². The molecule has 0 fully saturated rings. The number of H-pyrrole nitrogens is 1. The van der Waals surface area contributed by atoms with Crippen molar-refractivity contribution in [1.29, 1.82) is 0 Å². The molecule has 1 amide bonds. The molecular formula is C11H7ClN4O4. The number of anilines is 1. The van der Waals surface area contributed by atoms with Gasteiger partial charge in [0.15, 0.2) is 5.82 Å². The summed E-state index contributed by atoms with van der Waals surface area (Å²) in [5.41, 5.74) is -0.737. The van der Waals surface area contributed by atoms with E-state index in [0.29, 0.717) is 0 Å². The molecular weight excluding hydrogens is 288 g/mol. The third kappa shape index (κ3) is 2.98. The van der Waals surface area contributed by atoms with Crippen LogP contribution in [0.4, 0.5) is 11.5 Å². The molecule has 1 aromatic heterocycles. The highest BCUT2D eigenvalue weighted by Crippen LogP contribution is 2.22. The van der Waals surface area contributed by atoms with Gasteiger partial charge in [-0.15, -0.1) is 0 Å². The molecule has 0 saturated heterocycles. The number of aromatic nitrogens is 2. The number of nitro benzene ring substituents is 1. The lowest BCUT2D eigenvalue weighted by Gasteiger charge is -2.05. The lowest BCUT2D eigenvalue weighted by atomic mass is 10.2. The first-order valence-electron chi connectivity index (χ1n) is 5.28. The molecule has 2 rings (SSSR count). The lowest BCUT2D eigenvalue weighted by molar-refractivity contribution is -0.384. The van der Waals surface area contributed by atoms with Crippen molar-refractivity contribution in [2.75, 3.05) is 5.32 Å². The van der Waals surface area contributed by atoms with Gasteiger partial charge in [-0.1, -0.05) is 11.6 Å². The van der Waals surface area contributed by atoms with E-state index in [9.17, 15) is 19.7 Å². The summed E-state index contributed by atoms with van der Waals surface area (Å²) in [6, 6.07) is 5.98. The van der Waals surface area contributed by atoms with Crippen LogP contribution in [0, 0.1) is 10.1 Å². The maximum Gasteiger partial charge on any atom is 0.270 e. The summed E-state index contributed by atoms with van der Waals surface area (Å²) in [6.45, 7) is 0. The van der Waals surface area contributed by atoms with Gasteiger partial charge in [0, 0.05) is 18.2 Å². The van der Waals surface area contributed by atoms with E-state index in [1.165, 1.54) is 24.3 Å². The second-order valence-corrected chi connectivity index (χ2v) is 4.09. The van der Waals surface area contributed by atoms with E-state index >= 15 is 0 Å². The van der Waals surface area contributed by atoms with Crippen LogP contribution in [0.1, 0.15) is 10.4 Å². The molecule has 0 atom stereocenters. The summed E-state index contributed by atoms with van der Waals surface area (Å²) in [5.74, 6) is -0.574. The quantitative estimate of drug-likeness (QED) is 0.658. The molecule has 1 aromatic carbocycles. The van der Waals surface area contributed by atoms with E-state index in [0.717, 1.165) is 6.07 Å². The van der Waals surface area contributed by atoms with E-state index in [1.807, 2.05) is 0 Å². The van der Waals surface area contributed by atoms with Crippen molar-refractivity contribution < 1.29 is 9.72 Å². The van der Waals surface area contributed by atoms with Gasteiger partial charge in [-0.3, -0.25) is 19.7 Å². The van der Waals surface area contributed by atoms with Gasteiger partial charge in [-0.2, -0.15) is 5.10 Å². The van der Waals surface area contributed by atoms with Gasteiger partial charge in [-0.25, -0.2) is 5.10 Å². The molecule has 20 heavy (non-hydrogen) atoms. The van der Waals surface area contributed by atoms with Crippen LogP contribution in [-0.2, 0) is 0 Å². The van der Waals surface area contributed by atoms with Crippen LogP contribution in [0.3, 0.4) is 0 Å². The van der Waals surface area contributed by atoms with E-state index in [1.54, 1.807) is 0 Å². The van der Waals surface area contributed by atoms with E-state index in [2.05, 4.69) is 15.5 Å². The number of nitro groups is 1. The molecule has 0 unspecified atom stereocenters. The molecule has 2 N–H and O–H groups in total. The predicted molar refractivity (Wildman–Crippen MR) is 70.9 cm³/mol. The third-order valence-electron chi connectivity index (χ3n) is 2.33. The first kappa shape index (κ1) is 13.7. The number of rotatable bonds is 3. The van der Waals surface area contributed by atoms with Crippen LogP contribution < -0.4 is 10.9 Å². The molecule has 0 saturated carbocycles.